The van der Waals surface area contributed by atoms with Crippen molar-refractivity contribution in [2.24, 2.45) is 0 Å². The third kappa shape index (κ3) is 10.1. The van der Waals surface area contributed by atoms with Crippen LogP contribution in [0.5, 0.6) is 0 Å². The molecule has 1 heterocycles. The minimum atomic E-state index is -0.851. The van der Waals surface area contributed by atoms with Gasteiger partial charge in [-0.1, -0.05) is 139 Å². The lowest BCUT2D eigenvalue weighted by molar-refractivity contribution is -0.129. The van der Waals surface area contributed by atoms with Gasteiger partial charge in [-0.15, -0.1) is 11.8 Å². The molecule has 3 atom stereocenters. The number of nitrogens with one attached hydrogen (secondary N) is 3. The van der Waals surface area contributed by atoms with E-state index in [1.807, 2.05) is 93.6 Å². The average Bonchev–Trinajstić information content (AvgIpc) is 3.70. The molecule has 7 nitrogen and oxygen atoms in total. The number of rotatable bonds is 14. The number of thioether (sulfide) groups is 1. The number of halogens is 1. The molecule has 0 bridgehead atoms. The van der Waals surface area contributed by atoms with E-state index in [9.17, 15) is 14.4 Å². The van der Waals surface area contributed by atoms with Crippen LogP contribution >= 0.6 is 23.4 Å². The Labute approximate surface area is 333 Å². The van der Waals surface area contributed by atoms with E-state index in [-0.39, 0.29) is 30.0 Å². The smallest absolute Gasteiger partial charge is 0.338 e. The fraction of sp³-hybridized carbons (Fsp3) is 0.283. The molecule has 0 aliphatic carbocycles. The summed E-state index contributed by atoms with van der Waals surface area (Å²) in [5.74, 6) is -0.453. The zero-order valence-corrected chi connectivity index (χ0v) is 33.0. The van der Waals surface area contributed by atoms with Crippen molar-refractivity contribution in [2.75, 3.05) is 18.8 Å². The van der Waals surface area contributed by atoms with Crippen LogP contribution in [-0.4, -0.2) is 54.3 Å². The summed E-state index contributed by atoms with van der Waals surface area (Å²) in [6.45, 7) is 6.40. The molecule has 1 unspecified atom stereocenters. The standard InChI is InChI=1S/C46H48ClN3O4S/c1-45(2,3)54-44(53)34-25-24-33(39(47)28-34)26-27-48-42(51)41(50-43(52)40-29-35(30-49-40)32-16-8-4-9-17-32)31-55-46(36-18-10-5-11-19-36,37-20-12-6-13-21-37)38-22-14-7-15-23-38/h4-25,28,35,40-41,49H,26-27,29-31H2,1-3H3,(H,48,51)(H,50,52)/t35-,40?,41+/m1/s1. The maximum atomic E-state index is 14.2. The molecule has 2 amide bonds. The molecule has 0 aromatic heterocycles. The zero-order valence-electron chi connectivity index (χ0n) is 31.5. The second-order valence-electron chi connectivity index (χ2n) is 14.8. The summed E-state index contributed by atoms with van der Waals surface area (Å²) in [6, 6.07) is 44.9. The fourth-order valence-corrected chi connectivity index (χ4v) is 8.84. The predicted octanol–water partition coefficient (Wildman–Crippen LogP) is 8.31. The van der Waals surface area contributed by atoms with Gasteiger partial charge in [-0.25, -0.2) is 4.79 Å². The van der Waals surface area contributed by atoms with Crippen LogP contribution in [0.2, 0.25) is 5.02 Å². The van der Waals surface area contributed by atoms with Crippen molar-refractivity contribution in [1.82, 2.24) is 16.0 Å². The first-order valence-corrected chi connectivity index (χ1v) is 20.1. The highest BCUT2D eigenvalue weighted by Crippen LogP contribution is 2.48. The van der Waals surface area contributed by atoms with E-state index in [1.165, 1.54) is 5.56 Å². The van der Waals surface area contributed by atoms with Crippen molar-refractivity contribution < 1.29 is 19.1 Å². The van der Waals surface area contributed by atoms with Gasteiger partial charge in [0.05, 0.1) is 16.4 Å². The number of ether oxygens (including phenoxy) is 1. The second kappa shape index (κ2) is 18.2. The van der Waals surface area contributed by atoms with E-state index in [1.54, 1.807) is 30.0 Å². The predicted molar refractivity (Wildman–Crippen MR) is 223 cm³/mol. The van der Waals surface area contributed by atoms with Crippen molar-refractivity contribution >= 4 is 41.1 Å². The van der Waals surface area contributed by atoms with Gasteiger partial charge in [0.2, 0.25) is 11.8 Å². The van der Waals surface area contributed by atoms with Crippen LogP contribution in [0.15, 0.2) is 140 Å². The zero-order chi connectivity index (χ0) is 38.8. The Hall–Kier alpha value is -4.89. The van der Waals surface area contributed by atoms with Gasteiger partial charge >= 0.3 is 5.97 Å². The summed E-state index contributed by atoms with van der Waals surface area (Å²) in [5.41, 5.74) is 4.90. The molecule has 0 radical (unpaired) electrons. The van der Waals surface area contributed by atoms with E-state index in [0.717, 1.165) is 22.3 Å². The van der Waals surface area contributed by atoms with Gasteiger partial charge in [0, 0.05) is 23.9 Å². The minimum Gasteiger partial charge on any atom is -0.456 e. The monoisotopic (exact) mass is 773 g/mol. The van der Waals surface area contributed by atoms with E-state index in [4.69, 9.17) is 16.3 Å². The molecule has 3 N–H and O–H groups in total. The Morgan fingerprint density at radius 2 is 1.35 bits per heavy atom. The maximum absolute atomic E-state index is 14.2. The van der Waals surface area contributed by atoms with Crippen molar-refractivity contribution in [3.63, 3.8) is 0 Å². The Morgan fingerprint density at radius 1 is 0.800 bits per heavy atom. The molecule has 0 spiro atoms. The number of carbonyl (C=O) groups is 3. The number of amides is 2. The van der Waals surface area contributed by atoms with Gasteiger partial charge in [0.1, 0.15) is 11.6 Å². The summed E-state index contributed by atoms with van der Waals surface area (Å²) in [6.07, 6.45) is 1.06. The van der Waals surface area contributed by atoms with Crippen molar-refractivity contribution in [3.05, 3.63) is 178 Å². The summed E-state index contributed by atoms with van der Waals surface area (Å²) < 4.78 is 4.81. The van der Waals surface area contributed by atoms with E-state index in [0.29, 0.717) is 30.0 Å². The molecule has 55 heavy (non-hydrogen) atoms. The Balaban J connectivity index is 1.24. The lowest BCUT2D eigenvalue weighted by Gasteiger charge is -2.36. The van der Waals surface area contributed by atoms with Crippen LogP contribution in [0.1, 0.15) is 71.3 Å². The summed E-state index contributed by atoms with van der Waals surface area (Å²) in [5, 5.41) is 10.0. The highest BCUT2D eigenvalue weighted by atomic mass is 35.5. The van der Waals surface area contributed by atoms with Gasteiger partial charge in [-0.05, 0) is 79.5 Å². The van der Waals surface area contributed by atoms with Gasteiger partial charge in [0.15, 0.2) is 0 Å². The third-order valence-electron chi connectivity index (χ3n) is 9.74. The highest BCUT2D eigenvalue weighted by Gasteiger charge is 2.39. The van der Waals surface area contributed by atoms with Gasteiger partial charge in [-0.2, -0.15) is 0 Å². The van der Waals surface area contributed by atoms with Crippen LogP contribution in [0.3, 0.4) is 0 Å². The Bertz CT molecular complexity index is 1950. The maximum Gasteiger partial charge on any atom is 0.338 e. The lowest BCUT2D eigenvalue weighted by atomic mass is 9.84. The number of hydrogen-bond donors (Lipinski definition) is 3. The first-order chi connectivity index (χ1) is 26.5. The number of carbonyl (C=O) groups excluding carboxylic acids is 3. The molecule has 1 aliphatic heterocycles. The van der Waals surface area contributed by atoms with Crippen LogP contribution in [-0.2, 0) is 25.5 Å². The van der Waals surface area contributed by atoms with Gasteiger partial charge < -0.3 is 20.7 Å². The normalized spacial score (nSPS) is 16.2. The fourth-order valence-electron chi connectivity index (χ4n) is 7.00. The van der Waals surface area contributed by atoms with Gasteiger partial charge in [0.25, 0.3) is 0 Å². The summed E-state index contributed by atoms with van der Waals surface area (Å²) >= 11 is 8.23. The number of benzene rings is 5. The van der Waals surface area contributed by atoms with Crippen molar-refractivity contribution in [1.29, 1.82) is 0 Å². The Morgan fingerprint density at radius 3 is 1.87 bits per heavy atom. The quantitative estimate of drug-likeness (QED) is 0.0777. The first kappa shape index (κ1) is 39.8. The molecule has 1 fully saturated rings. The average molecular weight is 774 g/mol. The van der Waals surface area contributed by atoms with Crippen molar-refractivity contribution in [2.45, 2.75) is 62.0 Å². The third-order valence-corrected chi connectivity index (χ3v) is 11.7. The Kier molecular flexibility index (Phi) is 13.1. The molecular weight excluding hydrogens is 726 g/mol. The van der Waals surface area contributed by atoms with E-state index in [2.05, 4.69) is 64.5 Å². The molecule has 5 aromatic carbocycles. The topological polar surface area (TPSA) is 96.5 Å². The van der Waals surface area contributed by atoms with E-state index < -0.39 is 28.4 Å². The van der Waals surface area contributed by atoms with Crippen LogP contribution < -0.4 is 16.0 Å². The molecular formula is C46H48ClN3O4S. The van der Waals surface area contributed by atoms with Crippen LogP contribution in [0.4, 0.5) is 0 Å². The molecule has 9 heteroatoms. The lowest BCUT2D eigenvalue weighted by Crippen LogP contribution is -2.53. The molecule has 1 aliphatic rings. The van der Waals surface area contributed by atoms with Crippen LogP contribution in [0.25, 0.3) is 0 Å². The molecule has 284 valence electrons. The largest absolute Gasteiger partial charge is 0.456 e. The van der Waals surface area contributed by atoms with Crippen molar-refractivity contribution in [3.8, 4) is 0 Å². The summed E-state index contributed by atoms with van der Waals surface area (Å²) in [7, 11) is 0. The molecule has 1 saturated heterocycles. The highest BCUT2D eigenvalue weighted by molar-refractivity contribution is 8.00. The molecule has 5 aromatic rings. The van der Waals surface area contributed by atoms with Crippen LogP contribution in [0, 0.1) is 0 Å². The van der Waals surface area contributed by atoms with E-state index >= 15 is 0 Å². The first-order valence-electron chi connectivity index (χ1n) is 18.7. The second-order valence-corrected chi connectivity index (χ2v) is 16.4. The number of esters is 1. The minimum absolute atomic E-state index is 0.201. The number of hydrogen-bond acceptors (Lipinski definition) is 6. The summed E-state index contributed by atoms with van der Waals surface area (Å²) in [4.78, 5) is 40.8. The van der Waals surface area contributed by atoms with Gasteiger partial charge in [-0.3, -0.25) is 9.59 Å². The SMILES string of the molecule is CC(C)(C)OC(=O)c1ccc(CCNC(=O)[C@H](CSC(c2ccccc2)(c2ccccc2)c2ccccc2)NC(=O)C2C[C@@H](c3ccccc3)CN2)c(Cl)c1. The molecule has 0 saturated carbocycles. The molecule has 6 rings (SSSR count).